The van der Waals surface area contributed by atoms with E-state index in [0.717, 1.165) is 11.0 Å². The number of imidazole rings is 1. The van der Waals surface area contributed by atoms with Crippen molar-refractivity contribution in [3.05, 3.63) is 59.7 Å². The lowest BCUT2D eigenvalue weighted by atomic mass is 10.1. The van der Waals surface area contributed by atoms with Crippen LogP contribution in [0.25, 0.3) is 11.0 Å². The molecule has 3 nitrogen and oxygen atoms in total. The Bertz CT molecular complexity index is 650. The topological polar surface area (TPSA) is 54.7 Å². The zero-order chi connectivity index (χ0) is 18.5. The Labute approximate surface area is 152 Å². The summed E-state index contributed by atoms with van der Waals surface area (Å²) in [5.74, 6) is 0.473. The van der Waals surface area contributed by atoms with Crippen LogP contribution in [-0.2, 0) is 0 Å². The number of aryl methyl sites for hydroxylation is 2. The summed E-state index contributed by atoms with van der Waals surface area (Å²) in [5.41, 5.74) is 10.1. The van der Waals surface area contributed by atoms with Crippen LogP contribution in [0.4, 0.5) is 5.95 Å². The van der Waals surface area contributed by atoms with Crippen LogP contribution in [0.3, 0.4) is 0 Å². The van der Waals surface area contributed by atoms with E-state index in [4.69, 9.17) is 5.73 Å². The first-order valence-electron chi connectivity index (χ1n) is 9.39. The number of fused-ring (bicyclic) bond motifs is 1. The van der Waals surface area contributed by atoms with E-state index in [1.54, 1.807) is 0 Å². The number of aromatic amines is 1. The lowest BCUT2D eigenvalue weighted by Gasteiger charge is -1.93. The Kier molecular flexibility index (Phi) is 10.1. The molecule has 1 aromatic heterocycles. The number of nitrogens with two attached hydrogens (primary N) is 1. The van der Waals surface area contributed by atoms with Crippen LogP contribution in [0.5, 0.6) is 0 Å². The molecule has 3 heteroatoms. The van der Waals surface area contributed by atoms with Gasteiger partial charge in [-0.1, -0.05) is 82.3 Å². The number of nitrogen functional groups attached to an aromatic ring is 1. The lowest BCUT2D eigenvalue weighted by molar-refractivity contribution is 0.886. The third kappa shape index (κ3) is 7.88. The first-order chi connectivity index (χ1) is 12.2. The number of anilines is 1. The third-order valence-corrected chi connectivity index (χ3v) is 4.08. The molecule has 0 unspecified atom stereocenters. The highest BCUT2D eigenvalue weighted by Crippen LogP contribution is 2.15. The fraction of sp³-hybridized carbons (Fsp3) is 0.409. The van der Waals surface area contributed by atoms with Gasteiger partial charge in [0.2, 0.25) is 0 Å². The average molecular weight is 340 g/mol. The van der Waals surface area contributed by atoms with Crippen LogP contribution in [-0.4, -0.2) is 9.97 Å². The number of hydrogen-bond donors (Lipinski definition) is 2. The summed E-state index contributed by atoms with van der Waals surface area (Å²) in [6.45, 7) is 8.24. The highest BCUT2D eigenvalue weighted by Gasteiger charge is 1.95. The molecule has 0 atom stereocenters. The number of benzene rings is 2. The van der Waals surface area contributed by atoms with E-state index in [0.29, 0.717) is 5.95 Å². The summed E-state index contributed by atoms with van der Waals surface area (Å²) in [5, 5.41) is 0. The predicted molar refractivity (Wildman–Crippen MR) is 111 cm³/mol. The highest BCUT2D eigenvalue weighted by molar-refractivity contribution is 5.76. The van der Waals surface area contributed by atoms with Crippen molar-refractivity contribution in [2.24, 2.45) is 0 Å². The summed E-state index contributed by atoms with van der Waals surface area (Å²) in [6.07, 6.45) is 7.50. The van der Waals surface area contributed by atoms with E-state index in [9.17, 15) is 0 Å². The van der Waals surface area contributed by atoms with Crippen molar-refractivity contribution in [1.29, 1.82) is 0 Å². The smallest absolute Gasteiger partial charge is 0.198 e. The van der Waals surface area contributed by atoms with Gasteiger partial charge >= 0.3 is 0 Å². The minimum atomic E-state index is 0.473. The second-order valence-corrected chi connectivity index (χ2v) is 5.99. The average Bonchev–Trinajstić information content (AvgIpc) is 3.32. The van der Waals surface area contributed by atoms with Gasteiger partial charge in [-0.3, -0.25) is 0 Å². The van der Waals surface area contributed by atoms with E-state index in [2.05, 4.69) is 48.1 Å². The van der Waals surface area contributed by atoms with Gasteiger partial charge in [-0.05, 0) is 37.1 Å². The SMILES string of the molecule is C1CCCC1.CC.Cc1ccccc1C.Nc1nc2ccccc2[nH]1. The normalized spacial score (nSPS) is 12.2. The Morgan fingerprint density at radius 2 is 1.20 bits per heavy atom. The van der Waals surface area contributed by atoms with Crippen LogP contribution >= 0.6 is 0 Å². The molecule has 0 radical (unpaired) electrons. The van der Waals surface area contributed by atoms with E-state index in [1.165, 1.54) is 43.2 Å². The van der Waals surface area contributed by atoms with Gasteiger partial charge in [0.05, 0.1) is 11.0 Å². The minimum absolute atomic E-state index is 0.473. The first-order valence-corrected chi connectivity index (χ1v) is 9.39. The fourth-order valence-corrected chi connectivity index (χ4v) is 2.52. The molecule has 0 aliphatic heterocycles. The summed E-state index contributed by atoms with van der Waals surface area (Å²) in [6, 6.07) is 16.1. The van der Waals surface area contributed by atoms with Crippen molar-refractivity contribution < 1.29 is 0 Å². The fourth-order valence-electron chi connectivity index (χ4n) is 2.52. The summed E-state index contributed by atoms with van der Waals surface area (Å²) < 4.78 is 0. The molecular formula is C22H33N3. The summed E-state index contributed by atoms with van der Waals surface area (Å²) in [4.78, 5) is 6.96. The molecule has 0 spiro atoms. The number of H-pyrrole nitrogens is 1. The van der Waals surface area contributed by atoms with Crippen molar-refractivity contribution >= 4 is 17.0 Å². The van der Waals surface area contributed by atoms with Gasteiger partial charge < -0.3 is 10.7 Å². The van der Waals surface area contributed by atoms with Crippen molar-refractivity contribution in [1.82, 2.24) is 9.97 Å². The molecule has 0 saturated heterocycles. The van der Waals surface area contributed by atoms with Gasteiger partial charge in [0.25, 0.3) is 0 Å². The quantitative estimate of drug-likeness (QED) is 0.496. The van der Waals surface area contributed by atoms with Crippen LogP contribution < -0.4 is 5.73 Å². The number of hydrogen-bond acceptors (Lipinski definition) is 2. The molecule has 25 heavy (non-hydrogen) atoms. The van der Waals surface area contributed by atoms with Gasteiger partial charge in [0, 0.05) is 0 Å². The molecule has 1 saturated carbocycles. The molecule has 1 aliphatic carbocycles. The summed E-state index contributed by atoms with van der Waals surface area (Å²) >= 11 is 0. The largest absolute Gasteiger partial charge is 0.369 e. The molecule has 136 valence electrons. The number of aromatic nitrogens is 2. The van der Waals surface area contributed by atoms with E-state index in [1.807, 2.05) is 38.1 Å². The molecule has 4 rings (SSSR count). The van der Waals surface area contributed by atoms with Crippen LogP contribution in [0.1, 0.15) is 57.1 Å². The molecular weight excluding hydrogens is 306 g/mol. The van der Waals surface area contributed by atoms with Gasteiger partial charge in [-0.15, -0.1) is 0 Å². The van der Waals surface area contributed by atoms with E-state index in [-0.39, 0.29) is 0 Å². The highest BCUT2D eigenvalue weighted by atomic mass is 15.0. The first kappa shape index (κ1) is 20.8. The Morgan fingerprint density at radius 3 is 1.64 bits per heavy atom. The molecule has 0 amide bonds. The molecule has 3 N–H and O–H groups in total. The molecule has 2 aromatic carbocycles. The van der Waals surface area contributed by atoms with Crippen LogP contribution in [0, 0.1) is 13.8 Å². The number of nitrogens with zero attached hydrogens (tertiary/aromatic N) is 1. The zero-order valence-corrected chi connectivity index (χ0v) is 16.2. The van der Waals surface area contributed by atoms with E-state index < -0.39 is 0 Å². The van der Waals surface area contributed by atoms with Gasteiger partial charge in [-0.25, -0.2) is 4.98 Å². The summed E-state index contributed by atoms with van der Waals surface area (Å²) in [7, 11) is 0. The van der Waals surface area contributed by atoms with Gasteiger partial charge in [0.15, 0.2) is 5.95 Å². The third-order valence-electron chi connectivity index (χ3n) is 4.08. The number of rotatable bonds is 0. The van der Waals surface area contributed by atoms with Crippen molar-refractivity contribution in [2.45, 2.75) is 59.8 Å². The Hall–Kier alpha value is -2.29. The van der Waals surface area contributed by atoms with Crippen molar-refractivity contribution in [2.75, 3.05) is 5.73 Å². The zero-order valence-electron chi connectivity index (χ0n) is 16.2. The monoisotopic (exact) mass is 339 g/mol. The van der Waals surface area contributed by atoms with Crippen LogP contribution in [0.15, 0.2) is 48.5 Å². The predicted octanol–water partition coefficient (Wildman–Crippen LogP) is 6.43. The maximum Gasteiger partial charge on any atom is 0.198 e. The minimum Gasteiger partial charge on any atom is -0.369 e. The molecule has 1 aliphatic rings. The standard InChI is InChI=1S/C8H10.C7H7N3.C5H10.C2H6/c1-7-5-3-4-6-8(7)2;8-7-9-5-3-1-2-4-6(5)10-7;1-2-4-5-3-1;1-2/h3-6H,1-2H3;1-4H,(H3,8,9,10);1-5H2;1-2H3. The molecule has 3 aromatic rings. The van der Waals surface area contributed by atoms with E-state index >= 15 is 0 Å². The van der Waals surface area contributed by atoms with Crippen LogP contribution in [0.2, 0.25) is 0 Å². The number of nitrogens with one attached hydrogen (secondary N) is 1. The lowest BCUT2D eigenvalue weighted by Crippen LogP contribution is -1.84. The van der Waals surface area contributed by atoms with Gasteiger partial charge in [-0.2, -0.15) is 0 Å². The molecule has 1 fully saturated rings. The second-order valence-electron chi connectivity index (χ2n) is 5.99. The molecule has 1 heterocycles. The Balaban J connectivity index is 0.000000187. The van der Waals surface area contributed by atoms with Gasteiger partial charge in [0.1, 0.15) is 0 Å². The van der Waals surface area contributed by atoms with Crippen molar-refractivity contribution in [3.63, 3.8) is 0 Å². The number of para-hydroxylation sites is 2. The Morgan fingerprint density at radius 1 is 0.760 bits per heavy atom. The molecule has 0 bridgehead atoms. The maximum absolute atomic E-state index is 5.42. The second kappa shape index (κ2) is 12.1. The maximum atomic E-state index is 5.42. The van der Waals surface area contributed by atoms with Crippen molar-refractivity contribution in [3.8, 4) is 0 Å².